The number of hydrogen-bond donors (Lipinski definition) is 2. The fourth-order valence-electron chi connectivity index (χ4n) is 1.93. The number of nitrogens with zero attached hydrogens (tertiary/aromatic N) is 1. The first kappa shape index (κ1) is 15.0. The van der Waals surface area contributed by atoms with Crippen LogP contribution in [0, 0.1) is 0 Å². The molecule has 0 aliphatic rings. The number of hydrogen-bond acceptors (Lipinski definition) is 3. The Hall–Kier alpha value is -1.06. The molecule has 1 rings (SSSR count). The van der Waals surface area contributed by atoms with Crippen molar-refractivity contribution in [1.29, 1.82) is 0 Å². The second-order valence-electron chi connectivity index (χ2n) is 5.05. The third kappa shape index (κ3) is 4.31. The van der Waals surface area contributed by atoms with Gasteiger partial charge in [0.2, 0.25) is 0 Å². The maximum atomic E-state index is 9.86. The van der Waals surface area contributed by atoms with Crippen LogP contribution < -0.4 is 5.32 Å². The van der Waals surface area contributed by atoms with E-state index in [1.807, 2.05) is 18.2 Å². The molecule has 1 aromatic carbocycles. The largest absolute Gasteiger partial charge is 0.508 e. The van der Waals surface area contributed by atoms with Gasteiger partial charge >= 0.3 is 0 Å². The fraction of sp³-hybridized carbons (Fsp3) is 0.600. The summed E-state index contributed by atoms with van der Waals surface area (Å²) in [7, 11) is 2.13. The maximum Gasteiger partial charge on any atom is 0.120 e. The minimum atomic E-state index is 0.228. The van der Waals surface area contributed by atoms with E-state index >= 15 is 0 Å². The van der Waals surface area contributed by atoms with E-state index in [1.165, 1.54) is 0 Å². The Bertz CT molecular complexity index is 352. The number of para-hydroxylation sites is 1. The van der Waals surface area contributed by atoms with Crippen LogP contribution in [0.3, 0.4) is 0 Å². The molecule has 0 spiro atoms. The van der Waals surface area contributed by atoms with E-state index < -0.39 is 0 Å². The van der Waals surface area contributed by atoms with Crippen molar-refractivity contribution in [2.75, 3.05) is 20.1 Å². The molecule has 3 heteroatoms. The molecule has 102 valence electrons. The average Bonchev–Trinajstić information content (AvgIpc) is 2.35. The Kier molecular flexibility index (Phi) is 6.16. The van der Waals surface area contributed by atoms with Gasteiger partial charge in [-0.25, -0.2) is 0 Å². The van der Waals surface area contributed by atoms with Crippen molar-refractivity contribution in [2.24, 2.45) is 0 Å². The lowest BCUT2D eigenvalue weighted by Crippen LogP contribution is -2.35. The van der Waals surface area contributed by atoms with Crippen LogP contribution in [-0.4, -0.2) is 36.2 Å². The number of benzene rings is 1. The summed E-state index contributed by atoms with van der Waals surface area (Å²) < 4.78 is 0. The molecule has 0 heterocycles. The van der Waals surface area contributed by atoms with Crippen LogP contribution in [0.15, 0.2) is 24.3 Å². The third-order valence-corrected chi connectivity index (χ3v) is 3.46. The molecular weight excluding hydrogens is 224 g/mol. The van der Waals surface area contributed by atoms with Crippen molar-refractivity contribution < 1.29 is 5.11 Å². The predicted molar refractivity (Wildman–Crippen MR) is 76.9 cm³/mol. The Labute approximate surface area is 111 Å². The van der Waals surface area contributed by atoms with E-state index in [1.54, 1.807) is 6.07 Å². The van der Waals surface area contributed by atoms with Crippen LogP contribution in [0.5, 0.6) is 5.75 Å². The van der Waals surface area contributed by atoms with Gasteiger partial charge in [-0.15, -0.1) is 0 Å². The zero-order valence-corrected chi connectivity index (χ0v) is 12.0. The van der Waals surface area contributed by atoms with E-state index in [2.05, 4.69) is 38.0 Å². The van der Waals surface area contributed by atoms with Gasteiger partial charge in [0.15, 0.2) is 0 Å². The van der Waals surface area contributed by atoms with E-state index in [-0.39, 0.29) is 6.04 Å². The van der Waals surface area contributed by atoms with Crippen molar-refractivity contribution >= 4 is 0 Å². The van der Waals surface area contributed by atoms with Crippen molar-refractivity contribution in [1.82, 2.24) is 10.2 Å². The summed E-state index contributed by atoms with van der Waals surface area (Å²) in [5.41, 5.74) is 0.993. The van der Waals surface area contributed by atoms with Gasteiger partial charge < -0.3 is 15.3 Å². The Morgan fingerprint density at radius 2 is 1.94 bits per heavy atom. The molecule has 1 unspecified atom stereocenters. The summed E-state index contributed by atoms with van der Waals surface area (Å²) in [6.45, 7) is 8.47. The second-order valence-corrected chi connectivity index (χ2v) is 5.05. The van der Waals surface area contributed by atoms with Crippen LogP contribution in [0.1, 0.15) is 38.8 Å². The van der Waals surface area contributed by atoms with Gasteiger partial charge in [0.05, 0.1) is 0 Å². The smallest absolute Gasteiger partial charge is 0.120 e. The number of nitrogens with one attached hydrogen (secondary N) is 1. The molecule has 2 N–H and O–H groups in total. The molecule has 0 saturated carbocycles. The number of aromatic hydroxyl groups is 1. The van der Waals surface area contributed by atoms with E-state index in [0.717, 1.165) is 25.1 Å². The molecule has 0 saturated heterocycles. The molecule has 0 bridgehead atoms. The summed E-state index contributed by atoms with van der Waals surface area (Å²) in [6, 6.07) is 8.36. The molecule has 0 aromatic heterocycles. The minimum absolute atomic E-state index is 0.228. The number of rotatable bonds is 7. The number of phenols is 1. The van der Waals surface area contributed by atoms with Gasteiger partial charge in [0, 0.05) is 30.7 Å². The van der Waals surface area contributed by atoms with Crippen molar-refractivity contribution in [3.8, 4) is 5.75 Å². The second kappa shape index (κ2) is 7.39. The lowest BCUT2D eigenvalue weighted by molar-refractivity contribution is 0.268. The standard InChI is InChI=1S/C15H26N2O/c1-5-14(13-8-6-7-9-15(13)18)16-10-11-17(4)12(2)3/h6-9,12,14,16,18H,5,10-11H2,1-4H3. The highest BCUT2D eigenvalue weighted by Gasteiger charge is 2.12. The van der Waals surface area contributed by atoms with Crippen LogP contribution in [0.25, 0.3) is 0 Å². The Morgan fingerprint density at radius 1 is 1.28 bits per heavy atom. The van der Waals surface area contributed by atoms with Gasteiger partial charge in [-0.2, -0.15) is 0 Å². The van der Waals surface area contributed by atoms with Crippen LogP contribution >= 0.6 is 0 Å². The first-order valence-corrected chi connectivity index (χ1v) is 6.77. The molecule has 3 nitrogen and oxygen atoms in total. The molecule has 0 aliphatic carbocycles. The highest BCUT2D eigenvalue weighted by molar-refractivity contribution is 5.34. The minimum Gasteiger partial charge on any atom is -0.508 e. The summed E-state index contributed by atoms with van der Waals surface area (Å²) in [6.07, 6.45) is 0.975. The predicted octanol–water partition coefficient (Wildman–Crippen LogP) is 2.77. The van der Waals surface area contributed by atoms with Gasteiger partial charge in [0.25, 0.3) is 0 Å². The van der Waals surface area contributed by atoms with Crippen LogP contribution in [0.2, 0.25) is 0 Å². The third-order valence-electron chi connectivity index (χ3n) is 3.46. The zero-order valence-electron chi connectivity index (χ0n) is 12.0. The number of phenolic OH excluding ortho intramolecular Hbond substituents is 1. The highest BCUT2D eigenvalue weighted by Crippen LogP contribution is 2.25. The fourth-order valence-corrected chi connectivity index (χ4v) is 1.93. The quantitative estimate of drug-likeness (QED) is 0.781. The molecule has 1 atom stereocenters. The average molecular weight is 250 g/mol. The van der Waals surface area contributed by atoms with E-state index in [4.69, 9.17) is 0 Å². The van der Waals surface area contributed by atoms with Gasteiger partial charge in [-0.3, -0.25) is 0 Å². The molecule has 0 fully saturated rings. The zero-order chi connectivity index (χ0) is 13.5. The maximum absolute atomic E-state index is 9.86. The summed E-state index contributed by atoms with van der Waals surface area (Å²) in [5, 5.41) is 13.4. The lowest BCUT2D eigenvalue weighted by atomic mass is 10.0. The first-order chi connectivity index (χ1) is 8.56. The molecule has 18 heavy (non-hydrogen) atoms. The monoisotopic (exact) mass is 250 g/mol. The topological polar surface area (TPSA) is 35.5 Å². The highest BCUT2D eigenvalue weighted by atomic mass is 16.3. The molecule has 0 radical (unpaired) electrons. The SMILES string of the molecule is CCC(NCCN(C)C(C)C)c1ccccc1O. The number of likely N-dealkylation sites (N-methyl/N-ethyl adjacent to an activating group) is 1. The molecule has 0 amide bonds. The van der Waals surface area contributed by atoms with Gasteiger partial charge in [0.1, 0.15) is 5.75 Å². The van der Waals surface area contributed by atoms with Crippen molar-refractivity contribution in [3.63, 3.8) is 0 Å². The summed E-state index contributed by atoms with van der Waals surface area (Å²) in [5.74, 6) is 0.383. The molecule has 1 aromatic rings. The van der Waals surface area contributed by atoms with Crippen molar-refractivity contribution in [2.45, 2.75) is 39.3 Å². The first-order valence-electron chi connectivity index (χ1n) is 6.77. The van der Waals surface area contributed by atoms with Crippen LogP contribution in [-0.2, 0) is 0 Å². The van der Waals surface area contributed by atoms with E-state index in [9.17, 15) is 5.11 Å². The van der Waals surface area contributed by atoms with E-state index in [0.29, 0.717) is 11.8 Å². The summed E-state index contributed by atoms with van der Waals surface area (Å²) in [4.78, 5) is 2.31. The van der Waals surface area contributed by atoms with Crippen LogP contribution in [0.4, 0.5) is 0 Å². The summed E-state index contributed by atoms with van der Waals surface area (Å²) >= 11 is 0. The van der Waals surface area contributed by atoms with Crippen molar-refractivity contribution in [3.05, 3.63) is 29.8 Å². The lowest BCUT2D eigenvalue weighted by Gasteiger charge is -2.24. The molecular formula is C15H26N2O. The van der Waals surface area contributed by atoms with Gasteiger partial charge in [-0.05, 0) is 33.4 Å². The molecule has 0 aliphatic heterocycles. The Balaban J connectivity index is 2.51. The normalized spacial score (nSPS) is 13.2. The van der Waals surface area contributed by atoms with Gasteiger partial charge in [-0.1, -0.05) is 25.1 Å². The Morgan fingerprint density at radius 3 is 2.50 bits per heavy atom.